The van der Waals surface area contributed by atoms with Crippen LogP contribution in [0.5, 0.6) is 5.75 Å². The maximum atomic E-state index is 12.5. The lowest BCUT2D eigenvalue weighted by molar-refractivity contribution is 0.0977. The number of anilines is 1. The predicted molar refractivity (Wildman–Crippen MR) is 143 cm³/mol. The summed E-state index contributed by atoms with van der Waals surface area (Å²) in [5.41, 5.74) is 5.26. The lowest BCUT2D eigenvalue weighted by Gasteiger charge is -2.11. The van der Waals surface area contributed by atoms with E-state index in [0.717, 1.165) is 28.1 Å². The Morgan fingerprint density at radius 2 is 1.71 bits per heavy atom. The van der Waals surface area contributed by atoms with Crippen LogP contribution < -0.4 is 15.4 Å². The molecule has 0 saturated carbocycles. The number of carbonyl (C=O) groups is 1. The lowest BCUT2D eigenvalue weighted by atomic mass is 10.0. The van der Waals surface area contributed by atoms with Gasteiger partial charge in [0.05, 0.1) is 6.10 Å². The van der Waals surface area contributed by atoms with Crippen molar-refractivity contribution in [2.45, 2.75) is 46.1 Å². The molecular formula is C28H29N3O3S. The van der Waals surface area contributed by atoms with E-state index in [-0.39, 0.29) is 17.1 Å². The summed E-state index contributed by atoms with van der Waals surface area (Å²) in [6.07, 6.45) is 0.662. The van der Waals surface area contributed by atoms with Crippen LogP contribution in [0.25, 0.3) is 11.1 Å². The standard InChI is InChI=1S/C28H29N3O3S/c1-17(2)21-9-14-25-24(16-21)30-26(34-25)15-19-5-10-22(11-6-19)29-28(35)31-27(32)20-7-12-23(13-8-20)33-18(3)4/h5-14,16-18H,15H2,1-4H3,(H2,29,31,32,35). The third-order valence-electron chi connectivity index (χ3n) is 5.41. The van der Waals surface area contributed by atoms with Crippen molar-refractivity contribution in [2.75, 3.05) is 5.32 Å². The Labute approximate surface area is 210 Å². The molecular weight excluding hydrogens is 458 g/mol. The largest absolute Gasteiger partial charge is 0.491 e. The molecule has 4 aromatic rings. The summed E-state index contributed by atoms with van der Waals surface area (Å²) in [4.78, 5) is 17.1. The molecule has 1 aromatic heterocycles. The summed E-state index contributed by atoms with van der Waals surface area (Å²) in [5.74, 6) is 1.55. The van der Waals surface area contributed by atoms with E-state index in [9.17, 15) is 4.79 Å². The summed E-state index contributed by atoms with van der Waals surface area (Å²) < 4.78 is 11.5. The van der Waals surface area contributed by atoms with Crippen LogP contribution in [0.15, 0.2) is 71.1 Å². The van der Waals surface area contributed by atoms with E-state index in [0.29, 0.717) is 23.8 Å². The normalized spacial score (nSPS) is 11.1. The number of nitrogens with one attached hydrogen (secondary N) is 2. The minimum absolute atomic E-state index is 0.0748. The third-order valence-corrected chi connectivity index (χ3v) is 5.61. The number of oxazole rings is 1. The van der Waals surface area contributed by atoms with E-state index in [1.165, 1.54) is 5.56 Å². The van der Waals surface area contributed by atoms with Crippen LogP contribution in [-0.4, -0.2) is 22.1 Å². The second-order valence-electron chi connectivity index (χ2n) is 8.96. The summed E-state index contributed by atoms with van der Waals surface area (Å²) >= 11 is 5.31. The van der Waals surface area contributed by atoms with Crippen LogP contribution in [0, 0.1) is 0 Å². The molecule has 0 aliphatic rings. The van der Waals surface area contributed by atoms with E-state index in [1.807, 2.05) is 44.2 Å². The van der Waals surface area contributed by atoms with Gasteiger partial charge in [-0.1, -0.05) is 32.0 Å². The van der Waals surface area contributed by atoms with Crippen molar-refractivity contribution in [3.63, 3.8) is 0 Å². The van der Waals surface area contributed by atoms with E-state index in [2.05, 4.69) is 41.6 Å². The third kappa shape index (κ3) is 6.45. The monoisotopic (exact) mass is 487 g/mol. The molecule has 0 bridgehead atoms. The van der Waals surface area contributed by atoms with Gasteiger partial charge in [0.25, 0.3) is 5.91 Å². The number of benzene rings is 3. The van der Waals surface area contributed by atoms with Crippen LogP contribution in [0.2, 0.25) is 0 Å². The first-order valence-electron chi connectivity index (χ1n) is 11.6. The first-order chi connectivity index (χ1) is 16.8. The molecule has 0 radical (unpaired) electrons. The highest BCUT2D eigenvalue weighted by Gasteiger charge is 2.11. The van der Waals surface area contributed by atoms with Gasteiger partial charge in [-0.3, -0.25) is 10.1 Å². The molecule has 1 amide bonds. The molecule has 0 atom stereocenters. The molecule has 6 nitrogen and oxygen atoms in total. The first-order valence-corrected chi connectivity index (χ1v) is 12.0. The Morgan fingerprint density at radius 1 is 1.00 bits per heavy atom. The molecule has 180 valence electrons. The highest BCUT2D eigenvalue weighted by Crippen LogP contribution is 2.23. The summed E-state index contributed by atoms with van der Waals surface area (Å²) in [6, 6.07) is 20.9. The Balaban J connectivity index is 1.32. The minimum Gasteiger partial charge on any atom is -0.491 e. The Bertz CT molecular complexity index is 1330. The van der Waals surface area contributed by atoms with Gasteiger partial charge < -0.3 is 14.5 Å². The molecule has 0 aliphatic heterocycles. The molecule has 3 aromatic carbocycles. The van der Waals surface area contributed by atoms with Gasteiger partial charge in [0.15, 0.2) is 16.6 Å². The van der Waals surface area contributed by atoms with E-state index >= 15 is 0 Å². The molecule has 0 saturated heterocycles. The minimum atomic E-state index is -0.285. The lowest BCUT2D eigenvalue weighted by Crippen LogP contribution is -2.34. The van der Waals surface area contributed by atoms with Gasteiger partial charge >= 0.3 is 0 Å². The van der Waals surface area contributed by atoms with Gasteiger partial charge in [0.2, 0.25) is 0 Å². The molecule has 0 aliphatic carbocycles. The van der Waals surface area contributed by atoms with E-state index < -0.39 is 0 Å². The number of ether oxygens (including phenoxy) is 1. The zero-order chi connectivity index (χ0) is 24.9. The first kappa shape index (κ1) is 24.4. The number of thiocarbonyl (C=S) groups is 1. The zero-order valence-corrected chi connectivity index (χ0v) is 21.1. The second-order valence-corrected chi connectivity index (χ2v) is 9.37. The number of aromatic nitrogens is 1. The number of hydrogen-bond donors (Lipinski definition) is 2. The van der Waals surface area contributed by atoms with E-state index in [1.54, 1.807) is 24.3 Å². The van der Waals surface area contributed by atoms with Crippen LogP contribution in [0.3, 0.4) is 0 Å². The van der Waals surface area contributed by atoms with Crippen LogP contribution in [0.1, 0.15) is 61.0 Å². The number of amides is 1. The van der Waals surface area contributed by atoms with Crippen LogP contribution in [-0.2, 0) is 6.42 Å². The Kier molecular flexibility index (Phi) is 7.46. The quantitative estimate of drug-likeness (QED) is 0.292. The average molecular weight is 488 g/mol. The topological polar surface area (TPSA) is 76.4 Å². The fourth-order valence-electron chi connectivity index (χ4n) is 3.60. The zero-order valence-electron chi connectivity index (χ0n) is 20.3. The van der Waals surface area contributed by atoms with Gasteiger partial charge in [-0.25, -0.2) is 4.98 Å². The Morgan fingerprint density at radius 3 is 2.37 bits per heavy atom. The van der Waals surface area contributed by atoms with Gasteiger partial charge in [-0.15, -0.1) is 0 Å². The number of nitrogens with zero attached hydrogens (tertiary/aromatic N) is 1. The predicted octanol–water partition coefficient (Wildman–Crippen LogP) is 6.46. The van der Waals surface area contributed by atoms with Gasteiger partial charge in [-0.2, -0.15) is 0 Å². The molecule has 7 heteroatoms. The fourth-order valence-corrected chi connectivity index (χ4v) is 3.81. The highest BCUT2D eigenvalue weighted by molar-refractivity contribution is 7.80. The smallest absolute Gasteiger partial charge is 0.257 e. The van der Waals surface area contributed by atoms with Crippen LogP contribution >= 0.6 is 12.2 Å². The van der Waals surface area contributed by atoms with Crippen molar-refractivity contribution >= 4 is 40.0 Å². The van der Waals surface area contributed by atoms with Crippen molar-refractivity contribution in [3.8, 4) is 5.75 Å². The van der Waals surface area contributed by atoms with Crippen molar-refractivity contribution in [3.05, 3.63) is 89.3 Å². The van der Waals surface area contributed by atoms with Crippen molar-refractivity contribution < 1.29 is 13.9 Å². The van der Waals surface area contributed by atoms with E-state index in [4.69, 9.17) is 21.4 Å². The Hall–Kier alpha value is -3.71. The summed E-state index contributed by atoms with van der Waals surface area (Å²) in [7, 11) is 0. The summed E-state index contributed by atoms with van der Waals surface area (Å²) in [5, 5.41) is 5.97. The van der Waals surface area contributed by atoms with Gasteiger partial charge in [0.1, 0.15) is 11.3 Å². The fraction of sp³-hybridized carbons (Fsp3) is 0.250. The average Bonchev–Trinajstić information content (AvgIpc) is 3.21. The number of fused-ring (bicyclic) bond motifs is 1. The maximum absolute atomic E-state index is 12.5. The summed E-state index contributed by atoms with van der Waals surface area (Å²) in [6.45, 7) is 8.23. The maximum Gasteiger partial charge on any atom is 0.257 e. The number of hydrogen-bond acceptors (Lipinski definition) is 5. The number of rotatable bonds is 7. The van der Waals surface area contributed by atoms with Crippen molar-refractivity contribution in [2.24, 2.45) is 0 Å². The second kappa shape index (κ2) is 10.7. The van der Waals surface area contributed by atoms with Gasteiger partial charge in [0, 0.05) is 17.7 Å². The molecule has 35 heavy (non-hydrogen) atoms. The molecule has 2 N–H and O–H groups in total. The van der Waals surface area contributed by atoms with Crippen molar-refractivity contribution in [1.82, 2.24) is 10.3 Å². The van der Waals surface area contributed by atoms with Crippen molar-refractivity contribution in [1.29, 1.82) is 0 Å². The molecule has 1 heterocycles. The molecule has 0 unspecified atom stereocenters. The number of carbonyl (C=O) groups excluding carboxylic acids is 1. The molecule has 0 spiro atoms. The van der Waals surface area contributed by atoms with Gasteiger partial charge in [-0.05, 0) is 91.6 Å². The molecule has 0 fully saturated rings. The SMILES string of the molecule is CC(C)Oc1ccc(C(=O)NC(=S)Nc2ccc(Cc3nc4cc(C(C)C)ccc4o3)cc2)cc1. The highest BCUT2D eigenvalue weighted by atomic mass is 32.1. The molecule has 4 rings (SSSR count). The van der Waals surface area contributed by atoms with Crippen LogP contribution in [0.4, 0.5) is 5.69 Å².